The van der Waals surface area contributed by atoms with Crippen LogP contribution in [-0.4, -0.2) is 62.8 Å². The Bertz CT molecular complexity index is 1010. The summed E-state index contributed by atoms with van der Waals surface area (Å²) in [4.78, 5) is 34.4. The van der Waals surface area contributed by atoms with Gasteiger partial charge in [-0.2, -0.15) is 13.2 Å². The molecule has 8 nitrogen and oxygen atoms in total. The Kier molecular flexibility index (Phi) is 4.91. The molecule has 3 N–H and O–H groups in total. The monoisotopic (exact) mass is 422 g/mol. The minimum Gasteiger partial charge on any atom is -0.385 e. The second-order valence-corrected chi connectivity index (χ2v) is 7.70. The molecule has 160 valence electrons. The highest BCUT2D eigenvalue weighted by Crippen LogP contribution is 2.37. The Morgan fingerprint density at radius 3 is 2.80 bits per heavy atom. The van der Waals surface area contributed by atoms with E-state index in [0.29, 0.717) is 49.9 Å². The molecule has 1 saturated carbocycles. The predicted octanol–water partition coefficient (Wildman–Crippen LogP) is 1.51. The molecule has 2 aromatic heterocycles. The van der Waals surface area contributed by atoms with E-state index in [2.05, 4.69) is 9.98 Å². The van der Waals surface area contributed by atoms with Gasteiger partial charge in [-0.25, -0.2) is 4.98 Å². The van der Waals surface area contributed by atoms with E-state index in [9.17, 15) is 22.8 Å². The van der Waals surface area contributed by atoms with Gasteiger partial charge in [-0.15, -0.1) is 0 Å². The van der Waals surface area contributed by atoms with Crippen LogP contribution in [0.25, 0.3) is 5.52 Å². The molecule has 1 atom stereocenters. The van der Waals surface area contributed by atoms with Crippen LogP contribution in [0.1, 0.15) is 36.0 Å². The number of carbonyl (C=O) groups is 2. The van der Waals surface area contributed by atoms with E-state index in [1.807, 2.05) is 5.32 Å². The maximum atomic E-state index is 13.0. The number of aromatic nitrogens is 2. The molecule has 2 aliphatic rings. The van der Waals surface area contributed by atoms with Crippen LogP contribution in [0.3, 0.4) is 0 Å². The average Bonchev–Trinajstić information content (AvgIpc) is 3.32. The number of pyridine rings is 1. The number of fused-ring (bicyclic) bond motifs is 1. The fourth-order valence-corrected chi connectivity index (χ4v) is 3.72. The third kappa shape index (κ3) is 3.83. The second-order valence-electron chi connectivity index (χ2n) is 7.70. The molecule has 1 saturated heterocycles. The number of amides is 2. The fourth-order valence-electron chi connectivity index (χ4n) is 3.72. The smallest absolute Gasteiger partial charge is 0.385 e. The van der Waals surface area contributed by atoms with Crippen molar-refractivity contribution < 1.29 is 22.8 Å². The van der Waals surface area contributed by atoms with Crippen LogP contribution >= 0.6 is 0 Å². The molecule has 0 bridgehead atoms. The highest BCUT2D eigenvalue weighted by atomic mass is 19.4. The van der Waals surface area contributed by atoms with Crippen molar-refractivity contribution in [1.82, 2.24) is 19.6 Å². The SMILES string of the molecule is NC(=NC1CCCN(C(=O)c2cccn3cncc23)C1)C1(NC(=O)C(F)(F)F)CC1. The number of likely N-dealkylation sites (tertiary alicyclic amines) is 1. The highest BCUT2D eigenvalue weighted by Gasteiger charge is 2.52. The first kappa shape index (κ1) is 20.2. The molecule has 2 amide bonds. The quantitative estimate of drug-likeness (QED) is 0.576. The number of hydrogen-bond donors (Lipinski definition) is 2. The van der Waals surface area contributed by atoms with Gasteiger partial charge in [0.1, 0.15) is 5.84 Å². The van der Waals surface area contributed by atoms with Crippen molar-refractivity contribution in [3.8, 4) is 0 Å². The van der Waals surface area contributed by atoms with Crippen LogP contribution < -0.4 is 11.1 Å². The van der Waals surface area contributed by atoms with Gasteiger partial charge in [0.25, 0.3) is 5.91 Å². The lowest BCUT2D eigenvalue weighted by molar-refractivity contribution is -0.174. The van der Waals surface area contributed by atoms with Crippen LogP contribution in [0, 0.1) is 0 Å². The van der Waals surface area contributed by atoms with Crippen LogP contribution in [0.15, 0.2) is 35.8 Å². The summed E-state index contributed by atoms with van der Waals surface area (Å²) in [5.74, 6) is -2.20. The van der Waals surface area contributed by atoms with Crippen LogP contribution in [0.4, 0.5) is 13.2 Å². The van der Waals surface area contributed by atoms with Gasteiger partial charge >= 0.3 is 12.1 Å². The van der Waals surface area contributed by atoms with E-state index in [0.717, 1.165) is 0 Å². The van der Waals surface area contributed by atoms with Gasteiger partial charge in [-0.05, 0) is 37.8 Å². The van der Waals surface area contributed by atoms with Crippen molar-refractivity contribution in [2.24, 2.45) is 10.7 Å². The highest BCUT2D eigenvalue weighted by molar-refractivity contribution is 6.01. The molecule has 4 rings (SSSR count). The summed E-state index contributed by atoms with van der Waals surface area (Å²) in [6.45, 7) is 0.855. The molecule has 11 heteroatoms. The van der Waals surface area contributed by atoms with Gasteiger partial charge in [0.2, 0.25) is 0 Å². The van der Waals surface area contributed by atoms with E-state index in [1.54, 1.807) is 40.2 Å². The van der Waals surface area contributed by atoms with E-state index in [1.165, 1.54) is 0 Å². The zero-order valence-electron chi connectivity index (χ0n) is 16.0. The fraction of sp³-hybridized carbons (Fsp3) is 0.474. The van der Waals surface area contributed by atoms with Crippen LogP contribution in [-0.2, 0) is 4.79 Å². The predicted molar refractivity (Wildman–Crippen MR) is 102 cm³/mol. The van der Waals surface area contributed by atoms with Gasteiger partial charge in [-0.3, -0.25) is 14.6 Å². The zero-order valence-corrected chi connectivity index (χ0v) is 16.0. The minimum atomic E-state index is -4.97. The molecule has 1 aliphatic heterocycles. The van der Waals surface area contributed by atoms with E-state index < -0.39 is 17.6 Å². The van der Waals surface area contributed by atoms with Crippen molar-refractivity contribution in [3.05, 3.63) is 36.4 Å². The molecule has 0 aromatic carbocycles. The van der Waals surface area contributed by atoms with E-state index >= 15 is 0 Å². The molecule has 2 aromatic rings. The summed E-state index contributed by atoms with van der Waals surface area (Å²) in [6.07, 6.45) is 2.02. The number of carbonyl (C=O) groups excluding carboxylic acids is 2. The number of imidazole rings is 1. The number of piperidine rings is 1. The third-order valence-corrected chi connectivity index (χ3v) is 5.54. The molecule has 0 spiro atoms. The number of nitrogens with two attached hydrogens (primary N) is 1. The molecular formula is C19H21F3N6O2. The molecule has 2 fully saturated rings. The van der Waals surface area contributed by atoms with Crippen molar-refractivity contribution in [3.63, 3.8) is 0 Å². The van der Waals surface area contributed by atoms with Crippen molar-refractivity contribution in [2.45, 2.75) is 43.4 Å². The summed E-state index contributed by atoms with van der Waals surface area (Å²) in [6, 6.07) is 3.15. The number of nitrogens with one attached hydrogen (secondary N) is 1. The Hall–Kier alpha value is -3.11. The number of amidine groups is 1. The van der Waals surface area contributed by atoms with Crippen LogP contribution in [0.2, 0.25) is 0 Å². The largest absolute Gasteiger partial charge is 0.471 e. The van der Waals surface area contributed by atoms with Gasteiger partial charge in [0.05, 0.1) is 35.2 Å². The maximum absolute atomic E-state index is 13.0. The first-order valence-electron chi connectivity index (χ1n) is 9.63. The lowest BCUT2D eigenvalue weighted by atomic mass is 10.0. The number of alkyl halides is 3. The summed E-state index contributed by atoms with van der Waals surface area (Å²) in [7, 11) is 0. The normalized spacial score (nSPS) is 21.5. The number of aliphatic imine (C=N–C) groups is 1. The second kappa shape index (κ2) is 7.29. The van der Waals surface area contributed by atoms with Gasteiger partial charge in [0, 0.05) is 19.3 Å². The number of nitrogens with zero attached hydrogens (tertiary/aromatic N) is 4. The molecule has 1 aliphatic carbocycles. The molecule has 0 radical (unpaired) electrons. The summed E-state index contributed by atoms with van der Waals surface area (Å²) >= 11 is 0. The van der Waals surface area contributed by atoms with Gasteiger partial charge < -0.3 is 20.4 Å². The number of hydrogen-bond acceptors (Lipinski definition) is 4. The van der Waals surface area contributed by atoms with Gasteiger partial charge in [-0.1, -0.05) is 0 Å². The lowest BCUT2D eigenvalue weighted by Crippen LogP contribution is -2.52. The number of halogens is 3. The Balaban J connectivity index is 1.47. The first-order chi connectivity index (χ1) is 14.2. The molecule has 30 heavy (non-hydrogen) atoms. The zero-order chi connectivity index (χ0) is 21.5. The Labute approximate surface area is 170 Å². The van der Waals surface area contributed by atoms with Gasteiger partial charge in [0.15, 0.2) is 0 Å². The van der Waals surface area contributed by atoms with Crippen molar-refractivity contribution in [2.75, 3.05) is 13.1 Å². The number of rotatable bonds is 4. The van der Waals surface area contributed by atoms with E-state index in [-0.39, 0.29) is 17.8 Å². The van der Waals surface area contributed by atoms with Crippen LogP contribution in [0.5, 0.6) is 0 Å². The lowest BCUT2D eigenvalue weighted by Gasteiger charge is -2.32. The summed E-state index contributed by atoms with van der Waals surface area (Å²) in [5.41, 5.74) is 5.96. The third-order valence-electron chi connectivity index (χ3n) is 5.54. The Morgan fingerprint density at radius 2 is 2.10 bits per heavy atom. The van der Waals surface area contributed by atoms with E-state index in [4.69, 9.17) is 5.73 Å². The maximum Gasteiger partial charge on any atom is 0.471 e. The van der Waals surface area contributed by atoms with Crippen molar-refractivity contribution >= 4 is 23.2 Å². The first-order valence-corrected chi connectivity index (χ1v) is 9.63. The topological polar surface area (TPSA) is 105 Å². The Morgan fingerprint density at radius 1 is 1.33 bits per heavy atom. The van der Waals surface area contributed by atoms with Crippen molar-refractivity contribution in [1.29, 1.82) is 0 Å². The average molecular weight is 422 g/mol. The molecule has 3 heterocycles. The summed E-state index contributed by atoms with van der Waals surface area (Å²) in [5, 5.41) is 1.96. The molecule has 1 unspecified atom stereocenters. The standard InChI is InChI=1S/C19H21F3N6O2/c20-19(21,22)17(30)26-18(5-6-18)16(23)25-12-3-1-7-27(10-12)15(29)13-4-2-8-28-11-24-9-14(13)28/h2,4,8-9,11-12H,1,3,5-7,10H2,(H2,23,25)(H,26,30). The minimum absolute atomic E-state index is 0.0164. The molecular weight excluding hydrogens is 401 g/mol. The summed E-state index contributed by atoms with van der Waals surface area (Å²) < 4.78 is 39.5.